The Kier molecular flexibility index (Phi) is 5.56. The fourth-order valence-electron chi connectivity index (χ4n) is 4.89. The van der Waals surface area contributed by atoms with Gasteiger partial charge >= 0.3 is 6.09 Å². The van der Waals surface area contributed by atoms with Crippen molar-refractivity contribution in [2.45, 2.75) is 57.4 Å². The lowest BCUT2D eigenvalue weighted by Gasteiger charge is -2.37. The molecule has 5 nitrogen and oxygen atoms in total. The second kappa shape index (κ2) is 8.27. The molecule has 152 valence electrons. The third-order valence-corrected chi connectivity index (χ3v) is 6.56. The molecule has 0 unspecified atom stereocenters. The highest BCUT2D eigenvalue weighted by atomic mass is 16.6. The van der Waals surface area contributed by atoms with E-state index in [1.165, 1.54) is 38.5 Å². The maximum Gasteiger partial charge on any atom is 0.412 e. The van der Waals surface area contributed by atoms with Gasteiger partial charge in [-0.3, -0.25) is 4.79 Å². The first-order valence-corrected chi connectivity index (χ1v) is 10.5. The van der Waals surface area contributed by atoms with Crippen LogP contribution in [0.1, 0.15) is 61.7 Å². The average molecular weight is 392 g/mol. The van der Waals surface area contributed by atoms with E-state index in [1.807, 2.05) is 18.2 Å². The summed E-state index contributed by atoms with van der Waals surface area (Å²) in [5.74, 6) is 0.0121. The van der Waals surface area contributed by atoms with Crippen LogP contribution in [0.3, 0.4) is 0 Å². The van der Waals surface area contributed by atoms with Crippen LogP contribution in [0.2, 0.25) is 0 Å². The van der Waals surface area contributed by atoms with E-state index in [2.05, 4.69) is 5.32 Å². The molecule has 0 aromatic heterocycles. The number of amides is 2. The molecule has 2 aliphatic carbocycles. The van der Waals surface area contributed by atoms with Crippen molar-refractivity contribution < 1.29 is 14.3 Å². The van der Waals surface area contributed by atoms with Gasteiger partial charge < -0.3 is 15.8 Å². The average Bonchev–Trinajstić information content (AvgIpc) is 3.18. The predicted octanol–water partition coefficient (Wildman–Crippen LogP) is 5.04. The molecule has 0 radical (unpaired) electrons. The standard InChI is InChI=1S/C24H28N2O3/c25-22(27)19-7-3-5-17(15-19)18-6-4-8-21(16-18)29-23(28)26-20-9-13-24(14-10-20)11-1-2-12-24/h3-8,15-16,20H,1-2,9-14H2,(H2,25,27)(H,26,28). The van der Waals surface area contributed by atoms with Crippen molar-refractivity contribution in [2.75, 3.05) is 0 Å². The van der Waals surface area contributed by atoms with Crippen molar-refractivity contribution in [3.8, 4) is 16.9 Å². The molecule has 5 heteroatoms. The Balaban J connectivity index is 1.36. The highest BCUT2D eigenvalue weighted by Crippen LogP contribution is 2.48. The molecule has 2 saturated carbocycles. The van der Waals surface area contributed by atoms with E-state index in [1.54, 1.807) is 30.3 Å². The maximum atomic E-state index is 12.4. The minimum Gasteiger partial charge on any atom is -0.410 e. The number of primary amides is 1. The summed E-state index contributed by atoms with van der Waals surface area (Å²) in [4.78, 5) is 23.8. The summed E-state index contributed by atoms with van der Waals surface area (Å²) < 4.78 is 5.53. The molecule has 0 aliphatic heterocycles. The van der Waals surface area contributed by atoms with Crippen molar-refractivity contribution in [2.24, 2.45) is 11.1 Å². The van der Waals surface area contributed by atoms with E-state index in [4.69, 9.17) is 10.5 Å². The SMILES string of the molecule is NC(=O)c1cccc(-c2cccc(OC(=O)NC3CCC4(CCCC4)CC3)c2)c1. The van der Waals surface area contributed by atoms with Gasteiger partial charge in [-0.05, 0) is 79.3 Å². The number of benzene rings is 2. The Hall–Kier alpha value is -2.82. The van der Waals surface area contributed by atoms with Crippen LogP contribution in [0.25, 0.3) is 11.1 Å². The molecule has 29 heavy (non-hydrogen) atoms. The molecule has 0 bridgehead atoms. The molecule has 2 amide bonds. The molecule has 0 atom stereocenters. The third-order valence-electron chi connectivity index (χ3n) is 6.56. The van der Waals surface area contributed by atoms with Gasteiger partial charge in [0.25, 0.3) is 0 Å². The number of nitrogens with two attached hydrogens (primary N) is 1. The molecular weight excluding hydrogens is 364 g/mol. The molecular formula is C24H28N2O3. The monoisotopic (exact) mass is 392 g/mol. The molecule has 2 aromatic rings. The summed E-state index contributed by atoms with van der Waals surface area (Å²) in [5.41, 5.74) is 8.08. The summed E-state index contributed by atoms with van der Waals surface area (Å²) in [5, 5.41) is 3.03. The van der Waals surface area contributed by atoms with Crippen molar-refractivity contribution in [3.05, 3.63) is 54.1 Å². The zero-order chi connectivity index (χ0) is 20.3. The minimum atomic E-state index is -0.467. The normalized spacial score (nSPS) is 18.5. The molecule has 1 spiro atoms. The second-order valence-electron chi connectivity index (χ2n) is 8.49. The van der Waals surface area contributed by atoms with Gasteiger partial charge in [0, 0.05) is 11.6 Å². The zero-order valence-electron chi connectivity index (χ0n) is 16.7. The summed E-state index contributed by atoms with van der Waals surface area (Å²) in [7, 11) is 0. The Labute approximate surface area is 171 Å². The number of carbonyl (C=O) groups excluding carboxylic acids is 2. The van der Waals surface area contributed by atoms with Gasteiger partial charge in [-0.25, -0.2) is 4.79 Å². The van der Waals surface area contributed by atoms with Crippen molar-refractivity contribution in [1.29, 1.82) is 0 Å². The van der Waals surface area contributed by atoms with E-state index in [0.717, 1.165) is 24.0 Å². The third kappa shape index (κ3) is 4.61. The van der Waals surface area contributed by atoms with E-state index >= 15 is 0 Å². The number of nitrogens with one attached hydrogen (secondary N) is 1. The van der Waals surface area contributed by atoms with Crippen LogP contribution in [-0.4, -0.2) is 18.0 Å². The van der Waals surface area contributed by atoms with Crippen molar-refractivity contribution in [3.63, 3.8) is 0 Å². The van der Waals surface area contributed by atoms with Crippen LogP contribution in [0.15, 0.2) is 48.5 Å². The first kappa shape index (κ1) is 19.5. The van der Waals surface area contributed by atoms with Crippen LogP contribution < -0.4 is 15.8 Å². The lowest BCUT2D eigenvalue weighted by Crippen LogP contribution is -2.41. The quantitative estimate of drug-likeness (QED) is 0.764. The number of carbonyl (C=O) groups is 2. The number of hydrogen-bond acceptors (Lipinski definition) is 3. The Morgan fingerprint density at radius 1 is 0.931 bits per heavy atom. The summed E-state index contributed by atoms with van der Waals surface area (Å²) in [6, 6.07) is 14.6. The molecule has 2 aromatic carbocycles. The number of hydrogen-bond donors (Lipinski definition) is 2. The molecule has 2 aliphatic rings. The molecule has 2 fully saturated rings. The van der Waals surface area contributed by atoms with Crippen LogP contribution in [-0.2, 0) is 0 Å². The lowest BCUT2D eigenvalue weighted by molar-refractivity contribution is 0.1000. The van der Waals surface area contributed by atoms with E-state index in [0.29, 0.717) is 16.7 Å². The fraction of sp³-hybridized carbons (Fsp3) is 0.417. The van der Waals surface area contributed by atoms with Gasteiger partial charge in [0.05, 0.1) is 0 Å². The lowest BCUT2D eigenvalue weighted by atomic mass is 9.71. The van der Waals surface area contributed by atoms with E-state index in [-0.39, 0.29) is 6.04 Å². The summed E-state index contributed by atoms with van der Waals surface area (Å²) >= 11 is 0. The minimum absolute atomic E-state index is 0.198. The summed E-state index contributed by atoms with van der Waals surface area (Å²) in [6.07, 6.45) is 9.53. The van der Waals surface area contributed by atoms with Crippen LogP contribution in [0.5, 0.6) is 5.75 Å². The molecule has 3 N–H and O–H groups in total. The fourth-order valence-corrected chi connectivity index (χ4v) is 4.89. The van der Waals surface area contributed by atoms with Crippen molar-refractivity contribution >= 4 is 12.0 Å². The van der Waals surface area contributed by atoms with Crippen LogP contribution >= 0.6 is 0 Å². The largest absolute Gasteiger partial charge is 0.412 e. The highest BCUT2D eigenvalue weighted by molar-refractivity contribution is 5.94. The number of rotatable bonds is 4. The first-order chi connectivity index (χ1) is 14.0. The van der Waals surface area contributed by atoms with Gasteiger partial charge in [0.15, 0.2) is 0 Å². The van der Waals surface area contributed by atoms with E-state index < -0.39 is 12.0 Å². The molecule has 4 rings (SSSR count). The van der Waals surface area contributed by atoms with Crippen molar-refractivity contribution in [1.82, 2.24) is 5.32 Å². The molecule has 0 saturated heterocycles. The van der Waals surface area contributed by atoms with Gasteiger partial charge in [-0.2, -0.15) is 0 Å². The van der Waals surface area contributed by atoms with Crippen LogP contribution in [0, 0.1) is 5.41 Å². The topological polar surface area (TPSA) is 81.4 Å². The van der Waals surface area contributed by atoms with Gasteiger partial charge in [-0.1, -0.05) is 37.1 Å². The maximum absolute atomic E-state index is 12.4. The molecule has 0 heterocycles. The number of ether oxygens (including phenoxy) is 1. The first-order valence-electron chi connectivity index (χ1n) is 10.5. The predicted molar refractivity (Wildman–Crippen MR) is 113 cm³/mol. The van der Waals surface area contributed by atoms with Gasteiger partial charge in [0.2, 0.25) is 5.91 Å². The van der Waals surface area contributed by atoms with E-state index in [9.17, 15) is 9.59 Å². The second-order valence-corrected chi connectivity index (χ2v) is 8.49. The zero-order valence-corrected chi connectivity index (χ0v) is 16.7. The van der Waals surface area contributed by atoms with Crippen LogP contribution in [0.4, 0.5) is 4.79 Å². The van der Waals surface area contributed by atoms with Gasteiger partial charge in [-0.15, -0.1) is 0 Å². The Morgan fingerprint density at radius 2 is 1.59 bits per heavy atom. The Bertz CT molecular complexity index is 893. The highest BCUT2D eigenvalue weighted by Gasteiger charge is 2.37. The smallest absolute Gasteiger partial charge is 0.410 e. The summed E-state index contributed by atoms with van der Waals surface area (Å²) in [6.45, 7) is 0. The Morgan fingerprint density at radius 3 is 2.28 bits per heavy atom. The van der Waals surface area contributed by atoms with Gasteiger partial charge in [0.1, 0.15) is 5.75 Å².